The summed E-state index contributed by atoms with van der Waals surface area (Å²) in [5.74, 6) is -1.19. The zero-order chi connectivity index (χ0) is 33.9. The lowest BCUT2D eigenvalue weighted by atomic mass is 9.35. The fourth-order valence-corrected chi connectivity index (χ4v) is 12.7. The van der Waals surface area contributed by atoms with Gasteiger partial charge in [0.15, 0.2) is 11.9 Å². The van der Waals surface area contributed by atoms with Crippen LogP contribution in [0.25, 0.3) is 0 Å². The van der Waals surface area contributed by atoms with E-state index in [1.54, 1.807) is 6.26 Å². The lowest BCUT2D eigenvalue weighted by Gasteiger charge is -2.67. The van der Waals surface area contributed by atoms with Gasteiger partial charge in [0.25, 0.3) is 0 Å². The number of rotatable bonds is 9. The molecule has 10 nitrogen and oxygen atoms in total. The van der Waals surface area contributed by atoms with E-state index in [4.69, 9.17) is 28.5 Å². The summed E-state index contributed by atoms with van der Waals surface area (Å²) < 4.78 is 32.0. The minimum absolute atomic E-state index is 0.0578. The molecule has 7 aliphatic rings. The molecule has 10 unspecified atom stereocenters. The molecule has 3 saturated carbocycles. The van der Waals surface area contributed by atoms with E-state index >= 15 is 0 Å². The molecule has 1 aromatic rings. The number of hydrogen-bond acceptors (Lipinski definition) is 10. The zero-order valence-electron chi connectivity index (χ0n) is 28.9. The smallest absolute Gasteiger partial charge is 0.339 e. The lowest BCUT2D eigenvalue weighted by Crippen LogP contribution is -2.77. The fourth-order valence-electron chi connectivity index (χ4n) is 12.7. The van der Waals surface area contributed by atoms with E-state index in [2.05, 4.69) is 6.92 Å². The number of fused-ring (bicyclic) bond motifs is 2. The van der Waals surface area contributed by atoms with Gasteiger partial charge < -0.3 is 33.6 Å². The molecule has 4 aliphatic heterocycles. The van der Waals surface area contributed by atoms with Gasteiger partial charge in [0.1, 0.15) is 30.2 Å². The molecule has 10 atom stereocenters. The second-order valence-electron chi connectivity index (χ2n) is 17.1. The molecule has 3 spiro atoms. The third-order valence-corrected chi connectivity index (χ3v) is 14.6. The van der Waals surface area contributed by atoms with Crippen molar-refractivity contribution >= 4 is 17.7 Å². The number of aliphatic hydroxyl groups is 2. The predicted octanol–water partition coefficient (Wildman–Crippen LogP) is 5.15. The van der Waals surface area contributed by atoms with Crippen molar-refractivity contribution in [2.75, 3.05) is 13.2 Å². The lowest BCUT2D eigenvalue weighted by molar-refractivity contribution is -0.264. The van der Waals surface area contributed by atoms with E-state index in [1.807, 2.05) is 26.8 Å². The highest BCUT2D eigenvalue weighted by atomic mass is 16.7. The van der Waals surface area contributed by atoms with Crippen molar-refractivity contribution < 1.29 is 48.0 Å². The first-order valence-electron chi connectivity index (χ1n) is 18.5. The van der Waals surface area contributed by atoms with E-state index in [9.17, 15) is 19.5 Å². The number of ether oxygens (including phenoxy) is 4. The average molecular weight is 669 g/mol. The quantitative estimate of drug-likeness (QED) is 0.206. The molecule has 2 N–H and O–H groups in total. The van der Waals surface area contributed by atoms with Crippen LogP contribution in [-0.2, 0) is 39.8 Å². The Morgan fingerprint density at radius 2 is 1.60 bits per heavy atom. The summed E-state index contributed by atoms with van der Waals surface area (Å²) in [5, 5.41) is 21.4. The highest BCUT2D eigenvalue weighted by molar-refractivity contribution is 5.92. The minimum atomic E-state index is -1.40. The summed E-state index contributed by atoms with van der Waals surface area (Å²) in [6.07, 6.45) is 9.19. The third kappa shape index (κ3) is 3.87. The van der Waals surface area contributed by atoms with E-state index in [-0.39, 0.29) is 30.9 Å². The molecule has 3 aliphatic carbocycles. The molecule has 10 heteroatoms. The fraction of sp³-hybridized carbons (Fsp3) is 0.816. The number of Topliss-reactive ketones (excluding diaryl/α,β-unsaturated/α-hetero) is 1. The van der Waals surface area contributed by atoms with Gasteiger partial charge in [-0.15, -0.1) is 0 Å². The minimum Gasteiger partial charge on any atom is -0.469 e. The Hall–Kier alpha value is -2.27. The number of aryl methyl sites for hydroxylation is 1. The topological polar surface area (TPSA) is 145 Å². The Labute approximate surface area is 282 Å². The van der Waals surface area contributed by atoms with Crippen LogP contribution < -0.4 is 0 Å². The van der Waals surface area contributed by atoms with Gasteiger partial charge in [-0.25, -0.2) is 4.79 Å². The predicted molar refractivity (Wildman–Crippen MR) is 170 cm³/mol. The number of carbonyl (C=O) groups is 3. The molecule has 48 heavy (non-hydrogen) atoms. The number of aliphatic hydroxyl groups excluding tert-OH is 2. The normalized spacial score (nSPS) is 44.7. The Bertz CT molecular complexity index is 1490. The number of esters is 2. The molecule has 8 rings (SSSR count). The number of carbonyl (C=O) groups excluding carboxylic acids is 3. The first-order chi connectivity index (χ1) is 22.9. The van der Waals surface area contributed by atoms with E-state index in [0.29, 0.717) is 32.1 Å². The van der Waals surface area contributed by atoms with Crippen LogP contribution in [0.2, 0.25) is 0 Å². The van der Waals surface area contributed by atoms with E-state index in [0.717, 1.165) is 62.7 Å². The van der Waals surface area contributed by atoms with Crippen molar-refractivity contribution in [1.29, 1.82) is 0 Å². The maximum Gasteiger partial charge on any atom is 0.339 e. The molecule has 0 aromatic carbocycles. The summed E-state index contributed by atoms with van der Waals surface area (Å²) >= 11 is 0. The Kier molecular flexibility index (Phi) is 7.45. The summed E-state index contributed by atoms with van der Waals surface area (Å²) in [6.45, 7) is 8.17. The number of cyclic esters (lactones) is 2. The maximum atomic E-state index is 14.8. The highest BCUT2D eigenvalue weighted by Crippen LogP contribution is 2.81. The average Bonchev–Trinajstić information content (AvgIpc) is 3.30. The molecule has 0 amide bonds. The maximum absolute atomic E-state index is 14.8. The van der Waals surface area contributed by atoms with Crippen LogP contribution in [0.5, 0.6) is 0 Å². The number of epoxide rings is 1. The van der Waals surface area contributed by atoms with Gasteiger partial charge in [-0.3, -0.25) is 9.59 Å². The number of ketones is 1. The van der Waals surface area contributed by atoms with Gasteiger partial charge in [-0.1, -0.05) is 52.4 Å². The van der Waals surface area contributed by atoms with Crippen LogP contribution in [0.1, 0.15) is 122 Å². The molecule has 264 valence electrons. The van der Waals surface area contributed by atoms with Gasteiger partial charge in [-0.2, -0.15) is 0 Å². The first-order valence-corrected chi connectivity index (χ1v) is 18.5. The second-order valence-corrected chi connectivity index (χ2v) is 17.1. The Morgan fingerprint density at radius 1 is 0.896 bits per heavy atom. The molecule has 5 heterocycles. The summed E-state index contributed by atoms with van der Waals surface area (Å²) in [4.78, 5) is 42.2. The number of furan rings is 1. The van der Waals surface area contributed by atoms with Crippen LogP contribution in [0.3, 0.4) is 0 Å². The standard InChI is InChI=1S/C38H52O10/c1-33(2)26-25(40)27(41)35(4)24(37(26)21-45-32(43)36(31(37)48-33)16-10-11-17-36)14-18-34(3)28(46-30(42)29-38(34,35)47-29)22-15-20-44-23(22)13-9-7-5-6-8-12-19-39/h15,20,24,26-29,31,39,41H,5-14,16-19,21H2,1-4H3. The van der Waals surface area contributed by atoms with Crippen molar-refractivity contribution in [3.05, 3.63) is 23.7 Å². The number of hydrogen-bond donors (Lipinski definition) is 2. The van der Waals surface area contributed by atoms with Crippen molar-refractivity contribution in [3.8, 4) is 0 Å². The van der Waals surface area contributed by atoms with E-state index in [1.165, 1.54) is 0 Å². The molecule has 7 fully saturated rings. The molecule has 4 saturated heterocycles. The van der Waals surface area contributed by atoms with Gasteiger partial charge in [0.2, 0.25) is 0 Å². The molecule has 0 bridgehead atoms. The van der Waals surface area contributed by atoms with Crippen molar-refractivity contribution in [2.24, 2.45) is 33.5 Å². The largest absolute Gasteiger partial charge is 0.469 e. The van der Waals surface area contributed by atoms with Gasteiger partial charge in [-0.05, 0) is 64.4 Å². The summed E-state index contributed by atoms with van der Waals surface area (Å²) in [7, 11) is 0. The monoisotopic (exact) mass is 668 g/mol. The summed E-state index contributed by atoms with van der Waals surface area (Å²) in [5.41, 5.74) is -4.85. The molecule has 0 radical (unpaired) electrons. The second kappa shape index (κ2) is 10.9. The van der Waals surface area contributed by atoms with Crippen molar-refractivity contribution in [3.63, 3.8) is 0 Å². The van der Waals surface area contributed by atoms with Crippen molar-refractivity contribution in [2.45, 2.75) is 147 Å². The van der Waals surface area contributed by atoms with Crippen LogP contribution in [-0.4, -0.2) is 70.7 Å². The van der Waals surface area contributed by atoms with Gasteiger partial charge in [0.05, 0.1) is 29.3 Å². The van der Waals surface area contributed by atoms with E-state index < -0.39 is 69.2 Å². The van der Waals surface area contributed by atoms with Gasteiger partial charge >= 0.3 is 11.9 Å². The highest BCUT2D eigenvalue weighted by Gasteiger charge is 2.91. The van der Waals surface area contributed by atoms with Crippen LogP contribution in [0.15, 0.2) is 16.7 Å². The summed E-state index contributed by atoms with van der Waals surface area (Å²) in [6, 6.07) is 1.90. The van der Waals surface area contributed by atoms with Crippen molar-refractivity contribution in [1.82, 2.24) is 0 Å². The first kappa shape index (κ1) is 32.9. The zero-order valence-corrected chi connectivity index (χ0v) is 28.9. The van der Waals surface area contributed by atoms with Crippen LogP contribution in [0.4, 0.5) is 0 Å². The SMILES string of the molecule is CC1(C)OC2C3(CCCC3)C(=O)OCC23C1C(=O)C(O)C1(C)C3CCC2(C)C(c3ccoc3CCCCCCCCO)OC(=O)C3OC321. The van der Waals surface area contributed by atoms with Gasteiger partial charge in [0, 0.05) is 34.8 Å². The molecular formula is C38H52O10. The Morgan fingerprint density at radius 3 is 2.33 bits per heavy atom. The number of unbranched alkanes of at least 4 members (excludes halogenated alkanes) is 5. The Balaban J connectivity index is 1.17. The third-order valence-electron chi connectivity index (χ3n) is 14.6. The molecular weight excluding hydrogens is 616 g/mol. The van der Waals surface area contributed by atoms with Crippen LogP contribution in [0, 0.1) is 33.5 Å². The molecule has 1 aromatic heterocycles. The van der Waals surface area contributed by atoms with Crippen LogP contribution >= 0.6 is 0 Å².